The van der Waals surface area contributed by atoms with Crippen molar-refractivity contribution in [2.45, 2.75) is 32.7 Å². The van der Waals surface area contributed by atoms with Crippen LogP contribution in [0.25, 0.3) is 0 Å². The number of fused-ring (bicyclic) bond motifs is 1. The number of hydrogen-bond acceptors (Lipinski definition) is 3. The number of nitrogens with two attached hydrogens (primary N) is 1. The number of rotatable bonds is 3. The third-order valence-corrected chi connectivity index (χ3v) is 3.44. The second-order valence-electron chi connectivity index (χ2n) is 5.01. The van der Waals surface area contributed by atoms with Gasteiger partial charge in [0, 0.05) is 6.04 Å². The molecular weight excluding hydrogens is 214 g/mol. The molecule has 2 unspecified atom stereocenters. The maximum Gasteiger partial charge on any atom is 0.161 e. The molecule has 0 aliphatic carbocycles. The maximum absolute atomic E-state index is 6.20. The highest BCUT2D eigenvalue weighted by molar-refractivity contribution is 5.45. The van der Waals surface area contributed by atoms with E-state index >= 15 is 0 Å². The van der Waals surface area contributed by atoms with Crippen LogP contribution in [-0.4, -0.2) is 19.3 Å². The summed E-state index contributed by atoms with van der Waals surface area (Å²) in [7, 11) is 0. The van der Waals surface area contributed by atoms with E-state index in [1.54, 1.807) is 0 Å². The number of benzene rings is 1. The van der Waals surface area contributed by atoms with Gasteiger partial charge in [0.1, 0.15) is 13.2 Å². The highest BCUT2D eigenvalue weighted by Crippen LogP contribution is 2.34. The molecule has 0 saturated carbocycles. The van der Waals surface area contributed by atoms with Gasteiger partial charge in [0.15, 0.2) is 11.5 Å². The lowest BCUT2D eigenvalue weighted by molar-refractivity contribution is 0.171. The van der Waals surface area contributed by atoms with E-state index in [0.29, 0.717) is 25.0 Å². The molecule has 1 aromatic carbocycles. The molecule has 17 heavy (non-hydrogen) atoms. The molecular formula is C14H21NO2. The van der Waals surface area contributed by atoms with Gasteiger partial charge in [0.25, 0.3) is 0 Å². The summed E-state index contributed by atoms with van der Waals surface area (Å²) in [5.41, 5.74) is 7.41. The smallest absolute Gasteiger partial charge is 0.161 e. The van der Waals surface area contributed by atoms with Crippen molar-refractivity contribution in [3.8, 4) is 11.5 Å². The van der Waals surface area contributed by atoms with E-state index in [-0.39, 0.29) is 6.04 Å². The molecule has 3 nitrogen and oxygen atoms in total. The molecule has 2 N–H and O–H groups in total. The van der Waals surface area contributed by atoms with E-state index in [1.165, 1.54) is 5.56 Å². The lowest BCUT2D eigenvalue weighted by atomic mass is 9.87. The van der Waals surface area contributed by atoms with Gasteiger partial charge in [-0.3, -0.25) is 0 Å². The van der Waals surface area contributed by atoms with Gasteiger partial charge in [-0.1, -0.05) is 26.8 Å². The third kappa shape index (κ3) is 2.55. The van der Waals surface area contributed by atoms with Gasteiger partial charge in [-0.05, 0) is 29.5 Å². The Morgan fingerprint density at radius 1 is 1.06 bits per heavy atom. The van der Waals surface area contributed by atoms with Crippen molar-refractivity contribution in [1.82, 2.24) is 0 Å². The first-order valence-electron chi connectivity index (χ1n) is 6.24. The van der Waals surface area contributed by atoms with Crippen LogP contribution in [-0.2, 0) is 0 Å². The molecule has 0 spiro atoms. The fourth-order valence-electron chi connectivity index (χ4n) is 2.14. The summed E-state index contributed by atoms with van der Waals surface area (Å²) in [6.45, 7) is 7.73. The highest BCUT2D eigenvalue weighted by atomic mass is 16.6. The van der Waals surface area contributed by atoms with Crippen molar-refractivity contribution in [3.05, 3.63) is 23.8 Å². The molecule has 94 valence electrons. The molecule has 0 radical (unpaired) electrons. The minimum Gasteiger partial charge on any atom is -0.486 e. The standard InChI is InChI=1S/C14H21NO2/c1-9(2)14(15)10(3)11-4-5-12-13(8-11)17-7-6-16-12/h4-5,8-10,14H,6-7,15H2,1-3H3. The summed E-state index contributed by atoms with van der Waals surface area (Å²) in [4.78, 5) is 0. The molecule has 2 rings (SSSR count). The zero-order valence-electron chi connectivity index (χ0n) is 10.8. The predicted octanol–water partition coefficient (Wildman–Crippen LogP) is 2.54. The lowest BCUT2D eigenvalue weighted by Gasteiger charge is -2.25. The van der Waals surface area contributed by atoms with Crippen LogP contribution in [0.15, 0.2) is 18.2 Å². The lowest BCUT2D eigenvalue weighted by Crippen LogP contribution is -2.32. The normalized spacial score (nSPS) is 17.9. The Morgan fingerprint density at radius 2 is 1.71 bits per heavy atom. The molecule has 0 fully saturated rings. The van der Waals surface area contributed by atoms with Gasteiger partial charge < -0.3 is 15.2 Å². The molecule has 0 amide bonds. The SMILES string of the molecule is CC(C)C(N)C(C)c1ccc2c(c1)OCCO2. The van der Waals surface area contributed by atoms with Crippen molar-refractivity contribution in [2.75, 3.05) is 13.2 Å². The Morgan fingerprint density at radius 3 is 2.35 bits per heavy atom. The highest BCUT2D eigenvalue weighted by Gasteiger charge is 2.20. The van der Waals surface area contributed by atoms with Crippen LogP contribution in [0, 0.1) is 5.92 Å². The molecule has 0 bridgehead atoms. The van der Waals surface area contributed by atoms with Gasteiger partial charge in [0.2, 0.25) is 0 Å². The maximum atomic E-state index is 6.20. The van der Waals surface area contributed by atoms with E-state index in [2.05, 4.69) is 32.9 Å². The molecule has 3 heteroatoms. The van der Waals surface area contributed by atoms with Gasteiger partial charge in [-0.25, -0.2) is 0 Å². The van der Waals surface area contributed by atoms with Crippen LogP contribution in [0.3, 0.4) is 0 Å². The molecule has 1 aliphatic rings. The van der Waals surface area contributed by atoms with Crippen molar-refractivity contribution >= 4 is 0 Å². The Hall–Kier alpha value is -1.22. The Kier molecular flexibility index (Phi) is 3.57. The van der Waals surface area contributed by atoms with Gasteiger partial charge in [-0.2, -0.15) is 0 Å². The summed E-state index contributed by atoms with van der Waals surface area (Å²) >= 11 is 0. The van der Waals surface area contributed by atoms with Crippen LogP contribution < -0.4 is 15.2 Å². The zero-order valence-corrected chi connectivity index (χ0v) is 10.8. The first-order chi connectivity index (χ1) is 8.09. The summed E-state index contributed by atoms with van der Waals surface area (Å²) in [5.74, 6) is 2.48. The molecule has 0 aromatic heterocycles. The van der Waals surface area contributed by atoms with Crippen LogP contribution in [0.1, 0.15) is 32.3 Å². The van der Waals surface area contributed by atoms with Crippen molar-refractivity contribution in [3.63, 3.8) is 0 Å². The van der Waals surface area contributed by atoms with Gasteiger partial charge >= 0.3 is 0 Å². The number of hydrogen-bond donors (Lipinski definition) is 1. The molecule has 1 aromatic rings. The third-order valence-electron chi connectivity index (χ3n) is 3.44. The molecule has 1 heterocycles. The first kappa shape index (κ1) is 12.2. The van der Waals surface area contributed by atoms with E-state index in [0.717, 1.165) is 11.5 Å². The minimum absolute atomic E-state index is 0.164. The van der Waals surface area contributed by atoms with E-state index in [4.69, 9.17) is 15.2 Å². The van der Waals surface area contributed by atoms with Crippen molar-refractivity contribution < 1.29 is 9.47 Å². The van der Waals surface area contributed by atoms with Crippen LogP contribution in [0.2, 0.25) is 0 Å². The van der Waals surface area contributed by atoms with E-state index in [1.807, 2.05) is 6.07 Å². The van der Waals surface area contributed by atoms with E-state index in [9.17, 15) is 0 Å². The number of ether oxygens (including phenoxy) is 2. The summed E-state index contributed by atoms with van der Waals surface area (Å²) in [6.07, 6.45) is 0. The Balaban J connectivity index is 2.21. The summed E-state index contributed by atoms with van der Waals surface area (Å²) in [5, 5.41) is 0. The Labute approximate surface area is 103 Å². The van der Waals surface area contributed by atoms with Crippen LogP contribution in [0.5, 0.6) is 11.5 Å². The minimum atomic E-state index is 0.164. The fourth-order valence-corrected chi connectivity index (χ4v) is 2.14. The van der Waals surface area contributed by atoms with Gasteiger partial charge in [0.05, 0.1) is 0 Å². The van der Waals surface area contributed by atoms with Crippen LogP contribution in [0.4, 0.5) is 0 Å². The largest absolute Gasteiger partial charge is 0.486 e. The van der Waals surface area contributed by atoms with E-state index < -0.39 is 0 Å². The summed E-state index contributed by atoms with van der Waals surface area (Å²) < 4.78 is 11.1. The first-order valence-corrected chi connectivity index (χ1v) is 6.24. The van der Waals surface area contributed by atoms with Gasteiger partial charge in [-0.15, -0.1) is 0 Å². The van der Waals surface area contributed by atoms with Crippen molar-refractivity contribution in [2.24, 2.45) is 11.7 Å². The molecule has 0 saturated heterocycles. The average Bonchev–Trinajstić information content (AvgIpc) is 2.36. The molecule has 1 aliphatic heterocycles. The Bertz CT molecular complexity index is 390. The zero-order chi connectivity index (χ0) is 12.4. The quantitative estimate of drug-likeness (QED) is 0.875. The monoisotopic (exact) mass is 235 g/mol. The fraction of sp³-hybridized carbons (Fsp3) is 0.571. The van der Waals surface area contributed by atoms with Crippen molar-refractivity contribution in [1.29, 1.82) is 0 Å². The topological polar surface area (TPSA) is 44.5 Å². The molecule has 2 atom stereocenters. The predicted molar refractivity (Wildman–Crippen MR) is 68.7 cm³/mol. The van der Waals surface area contributed by atoms with Crippen LogP contribution >= 0.6 is 0 Å². The average molecular weight is 235 g/mol. The summed E-state index contributed by atoms with van der Waals surface area (Å²) in [6, 6.07) is 6.28. The second kappa shape index (κ2) is 4.96. The second-order valence-corrected chi connectivity index (χ2v) is 5.01.